The molecular formula is C14H25N. The molecule has 0 bridgehead atoms. The number of rotatable bonds is 1. The van der Waals surface area contributed by atoms with Crippen molar-refractivity contribution in [1.82, 2.24) is 4.90 Å². The van der Waals surface area contributed by atoms with E-state index in [1.54, 1.807) is 0 Å². The normalized spacial score (nSPS) is 47.8. The van der Waals surface area contributed by atoms with Crippen LogP contribution >= 0.6 is 0 Å². The smallest absolute Gasteiger partial charge is 0.00416 e. The standard InChI is InChI=1S/C14H25N/c1-11(2)15-6-5-13(10-15)8-14(9-13)7-12(14,3)4/h11H,5-10H2,1-4H3. The number of hydrogen-bond donors (Lipinski definition) is 0. The van der Waals surface area contributed by atoms with E-state index in [-0.39, 0.29) is 0 Å². The molecule has 0 radical (unpaired) electrons. The zero-order chi connectivity index (χ0) is 10.9. The minimum absolute atomic E-state index is 0.684. The molecule has 0 aromatic rings. The van der Waals surface area contributed by atoms with E-state index in [4.69, 9.17) is 0 Å². The van der Waals surface area contributed by atoms with Gasteiger partial charge in [0.05, 0.1) is 0 Å². The van der Waals surface area contributed by atoms with E-state index in [0.717, 1.165) is 16.9 Å². The molecular weight excluding hydrogens is 182 g/mol. The summed E-state index contributed by atoms with van der Waals surface area (Å²) in [5, 5.41) is 0. The predicted octanol–water partition coefficient (Wildman–Crippen LogP) is 3.30. The Kier molecular flexibility index (Phi) is 1.77. The molecule has 0 aromatic carbocycles. The van der Waals surface area contributed by atoms with E-state index in [1.165, 1.54) is 38.8 Å². The molecule has 1 heterocycles. The zero-order valence-electron chi connectivity index (χ0n) is 10.8. The molecule has 0 amide bonds. The largest absolute Gasteiger partial charge is 0.300 e. The quantitative estimate of drug-likeness (QED) is 0.637. The highest BCUT2D eigenvalue weighted by atomic mass is 15.2. The van der Waals surface area contributed by atoms with Gasteiger partial charge in [-0.1, -0.05) is 13.8 Å². The third-order valence-electron chi connectivity index (χ3n) is 5.72. The molecule has 15 heavy (non-hydrogen) atoms. The van der Waals surface area contributed by atoms with E-state index in [2.05, 4.69) is 32.6 Å². The molecule has 3 rings (SSSR count). The summed E-state index contributed by atoms with van der Waals surface area (Å²) in [4.78, 5) is 2.68. The van der Waals surface area contributed by atoms with Crippen LogP contribution in [-0.4, -0.2) is 24.0 Å². The molecule has 1 aliphatic heterocycles. The van der Waals surface area contributed by atoms with Gasteiger partial charge in [0.25, 0.3) is 0 Å². The Labute approximate surface area is 94.2 Å². The Morgan fingerprint density at radius 3 is 2.07 bits per heavy atom. The fourth-order valence-electron chi connectivity index (χ4n) is 4.49. The summed E-state index contributed by atoms with van der Waals surface area (Å²) in [6, 6.07) is 0.758. The Morgan fingerprint density at radius 2 is 1.67 bits per heavy atom. The van der Waals surface area contributed by atoms with Gasteiger partial charge >= 0.3 is 0 Å². The lowest BCUT2D eigenvalue weighted by Gasteiger charge is -2.48. The average Bonchev–Trinajstić information content (AvgIpc) is 2.48. The van der Waals surface area contributed by atoms with Crippen molar-refractivity contribution in [3.05, 3.63) is 0 Å². The fourth-order valence-corrected chi connectivity index (χ4v) is 4.49. The molecule has 1 saturated heterocycles. The van der Waals surface area contributed by atoms with Crippen LogP contribution < -0.4 is 0 Å². The summed E-state index contributed by atoms with van der Waals surface area (Å²) in [5.41, 5.74) is 2.22. The SMILES string of the molecule is CC(C)N1CCC2(C1)CC1(C2)CC1(C)C. The molecule has 0 N–H and O–H groups in total. The number of hydrogen-bond acceptors (Lipinski definition) is 1. The van der Waals surface area contributed by atoms with Crippen LogP contribution in [0.2, 0.25) is 0 Å². The summed E-state index contributed by atoms with van der Waals surface area (Å²) in [6.07, 6.45) is 6.05. The summed E-state index contributed by atoms with van der Waals surface area (Å²) in [5.74, 6) is 0. The lowest BCUT2D eigenvalue weighted by atomic mass is 9.57. The van der Waals surface area contributed by atoms with Crippen LogP contribution in [0.25, 0.3) is 0 Å². The van der Waals surface area contributed by atoms with Crippen molar-refractivity contribution in [2.75, 3.05) is 13.1 Å². The van der Waals surface area contributed by atoms with Crippen molar-refractivity contribution in [2.45, 2.75) is 59.4 Å². The highest BCUT2D eigenvalue weighted by molar-refractivity contribution is 5.21. The lowest BCUT2D eigenvalue weighted by Crippen LogP contribution is -2.43. The molecule has 3 aliphatic rings. The van der Waals surface area contributed by atoms with Crippen molar-refractivity contribution >= 4 is 0 Å². The van der Waals surface area contributed by atoms with Gasteiger partial charge in [-0.15, -0.1) is 0 Å². The molecule has 86 valence electrons. The Balaban J connectivity index is 1.63. The van der Waals surface area contributed by atoms with Crippen LogP contribution in [0.3, 0.4) is 0 Å². The van der Waals surface area contributed by atoms with Gasteiger partial charge in [-0.05, 0) is 62.3 Å². The van der Waals surface area contributed by atoms with E-state index in [0.29, 0.717) is 5.41 Å². The van der Waals surface area contributed by atoms with Gasteiger partial charge < -0.3 is 4.90 Å². The summed E-state index contributed by atoms with van der Waals surface area (Å²) in [7, 11) is 0. The number of likely N-dealkylation sites (tertiary alicyclic amines) is 1. The summed E-state index contributed by atoms with van der Waals surface area (Å²) < 4.78 is 0. The van der Waals surface area contributed by atoms with E-state index in [1.807, 2.05) is 0 Å². The zero-order valence-corrected chi connectivity index (χ0v) is 10.8. The van der Waals surface area contributed by atoms with Gasteiger partial charge in [0.1, 0.15) is 0 Å². The highest BCUT2D eigenvalue weighted by Crippen LogP contribution is 2.79. The summed E-state index contributed by atoms with van der Waals surface area (Å²) >= 11 is 0. The first-order valence-corrected chi connectivity index (χ1v) is 6.62. The maximum atomic E-state index is 2.68. The number of nitrogens with zero attached hydrogens (tertiary/aromatic N) is 1. The Hall–Kier alpha value is -0.0400. The lowest BCUT2D eigenvalue weighted by molar-refractivity contribution is 0.0164. The first-order valence-electron chi connectivity index (χ1n) is 6.62. The molecule has 2 aliphatic carbocycles. The minimum Gasteiger partial charge on any atom is -0.300 e. The Bertz CT molecular complexity index is 284. The van der Waals surface area contributed by atoms with E-state index in [9.17, 15) is 0 Å². The van der Waals surface area contributed by atoms with Gasteiger partial charge in [-0.2, -0.15) is 0 Å². The van der Waals surface area contributed by atoms with E-state index >= 15 is 0 Å². The first kappa shape index (κ1) is 10.1. The maximum Gasteiger partial charge on any atom is 0.00416 e. The van der Waals surface area contributed by atoms with E-state index < -0.39 is 0 Å². The third kappa shape index (κ3) is 1.25. The second-order valence-corrected chi connectivity index (χ2v) is 7.51. The average molecular weight is 207 g/mol. The first-order chi connectivity index (χ1) is 6.88. The highest BCUT2D eigenvalue weighted by Gasteiger charge is 2.71. The molecule has 1 nitrogen and oxygen atoms in total. The van der Waals surface area contributed by atoms with Crippen molar-refractivity contribution in [1.29, 1.82) is 0 Å². The molecule has 2 saturated carbocycles. The fraction of sp³-hybridized carbons (Fsp3) is 1.00. The van der Waals surface area contributed by atoms with Crippen LogP contribution in [0.5, 0.6) is 0 Å². The maximum absolute atomic E-state index is 2.68. The molecule has 0 aromatic heterocycles. The second kappa shape index (κ2) is 2.61. The van der Waals surface area contributed by atoms with Crippen LogP contribution in [-0.2, 0) is 0 Å². The van der Waals surface area contributed by atoms with Gasteiger partial charge in [0, 0.05) is 12.6 Å². The molecule has 2 spiro atoms. The predicted molar refractivity (Wildman–Crippen MR) is 63.8 cm³/mol. The van der Waals surface area contributed by atoms with Crippen molar-refractivity contribution < 1.29 is 0 Å². The third-order valence-corrected chi connectivity index (χ3v) is 5.72. The monoisotopic (exact) mass is 207 g/mol. The second-order valence-electron chi connectivity index (χ2n) is 7.51. The van der Waals surface area contributed by atoms with Crippen molar-refractivity contribution in [3.8, 4) is 0 Å². The van der Waals surface area contributed by atoms with Crippen LogP contribution in [0, 0.1) is 16.2 Å². The van der Waals surface area contributed by atoms with Crippen molar-refractivity contribution in [2.24, 2.45) is 16.2 Å². The molecule has 3 fully saturated rings. The molecule has 0 atom stereocenters. The molecule has 1 heteroatoms. The van der Waals surface area contributed by atoms with Gasteiger partial charge in [-0.3, -0.25) is 0 Å². The minimum atomic E-state index is 0.684. The Morgan fingerprint density at radius 1 is 1.07 bits per heavy atom. The summed E-state index contributed by atoms with van der Waals surface area (Å²) in [6.45, 7) is 12.4. The molecule has 0 unspecified atom stereocenters. The topological polar surface area (TPSA) is 3.24 Å². The van der Waals surface area contributed by atoms with Crippen molar-refractivity contribution in [3.63, 3.8) is 0 Å². The van der Waals surface area contributed by atoms with Crippen LogP contribution in [0.4, 0.5) is 0 Å². The van der Waals surface area contributed by atoms with Gasteiger partial charge in [-0.25, -0.2) is 0 Å². The van der Waals surface area contributed by atoms with Crippen LogP contribution in [0.15, 0.2) is 0 Å². The van der Waals surface area contributed by atoms with Crippen LogP contribution in [0.1, 0.15) is 53.4 Å². The van der Waals surface area contributed by atoms with Gasteiger partial charge in [0.15, 0.2) is 0 Å². The van der Waals surface area contributed by atoms with Gasteiger partial charge in [0.2, 0.25) is 0 Å².